The molecule has 1 aliphatic carbocycles. The Balaban J connectivity index is 1.26. The number of hydrogen-bond donors (Lipinski definition) is 2. The Kier molecular flexibility index (Phi) is 12.2. The average Bonchev–Trinajstić information content (AvgIpc) is 3.50. The molecule has 3 aliphatic heterocycles. The van der Waals surface area contributed by atoms with E-state index in [1.807, 2.05) is 0 Å². The van der Waals surface area contributed by atoms with Crippen LogP contribution in [-0.2, 0) is 16.1 Å². The van der Waals surface area contributed by atoms with E-state index in [0.29, 0.717) is 18.2 Å². The van der Waals surface area contributed by atoms with Gasteiger partial charge in [0.05, 0.1) is 5.92 Å². The highest BCUT2D eigenvalue weighted by Gasteiger charge is 2.50. The minimum absolute atomic E-state index is 0.0790. The molecule has 8 heteroatoms. The minimum Gasteiger partial charge on any atom is -0.381 e. The molecule has 2 aromatic rings. The summed E-state index contributed by atoms with van der Waals surface area (Å²) in [6, 6.07) is 13.9. The molecule has 1 saturated carbocycles. The molecular weight excluding hydrogens is 622 g/mol. The molecule has 3 atom stereocenters. The third-order valence-corrected chi connectivity index (χ3v) is 13.0. The standard InChI is InChI=1S/C42H63N5O3/c1-6-47(36-16-24-50-25-17-36)39-27-35(34-14-12-33(13-15-34)29-46-21-11-20-45(5)22-23-46)26-37(30(39)2)40(48)43-28-38-31(3)42(32(4)44-41(38)49)18-9-7-8-10-19-42/h12-15,26-27,31-32,36,38H,6-11,16-25,28-29H2,1-5H3,(H,43,48)(H,44,49). The summed E-state index contributed by atoms with van der Waals surface area (Å²) < 4.78 is 5.73. The number of likely N-dealkylation sites (N-methyl/N-ethyl adjacent to an activating group) is 1. The normalized spacial score (nSPS) is 25.5. The molecule has 2 amide bonds. The fourth-order valence-electron chi connectivity index (χ4n) is 9.67. The van der Waals surface area contributed by atoms with Crippen molar-refractivity contribution in [3.05, 3.63) is 53.1 Å². The number of rotatable bonds is 9. The highest BCUT2D eigenvalue weighted by Crippen LogP contribution is 2.49. The summed E-state index contributed by atoms with van der Waals surface area (Å²) in [6.07, 6.45) is 10.5. The first-order valence-electron chi connectivity index (χ1n) is 19.8. The summed E-state index contributed by atoms with van der Waals surface area (Å²) in [4.78, 5) is 35.2. The van der Waals surface area contributed by atoms with Crippen molar-refractivity contribution in [2.24, 2.45) is 17.3 Å². The van der Waals surface area contributed by atoms with Crippen LogP contribution in [0.4, 0.5) is 5.69 Å². The summed E-state index contributed by atoms with van der Waals surface area (Å²) >= 11 is 0. The Labute approximate surface area is 301 Å². The molecule has 0 aromatic heterocycles. The number of amides is 2. The van der Waals surface area contributed by atoms with Gasteiger partial charge in [-0.1, -0.05) is 56.9 Å². The van der Waals surface area contributed by atoms with E-state index in [4.69, 9.17) is 4.74 Å². The molecule has 50 heavy (non-hydrogen) atoms. The van der Waals surface area contributed by atoms with Crippen molar-refractivity contribution in [3.8, 4) is 11.1 Å². The molecule has 274 valence electrons. The molecule has 6 rings (SSSR count). The number of nitrogens with one attached hydrogen (secondary N) is 2. The van der Waals surface area contributed by atoms with Crippen LogP contribution in [0.2, 0.25) is 0 Å². The zero-order valence-electron chi connectivity index (χ0n) is 31.6. The van der Waals surface area contributed by atoms with E-state index in [-0.39, 0.29) is 35.1 Å². The van der Waals surface area contributed by atoms with Crippen LogP contribution in [0.15, 0.2) is 36.4 Å². The van der Waals surface area contributed by atoms with Crippen LogP contribution in [0.25, 0.3) is 11.1 Å². The lowest BCUT2D eigenvalue weighted by molar-refractivity contribution is -0.137. The van der Waals surface area contributed by atoms with Crippen LogP contribution in [0.1, 0.15) is 100 Å². The Morgan fingerprint density at radius 3 is 2.38 bits per heavy atom. The van der Waals surface area contributed by atoms with E-state index in [1.165, 1.54) is 37.7 Å². The van der Waals surface area contributed by atoms with Crippen LogP contribution >= 0.6 is 0 Å². The number of piperidine rings is 1. The maximum absolute atomic E-state index is 14.3. The van der Waals surface area contributed by atoms with Gasteiger partial charge in [-0.15, -0.1) is 0 Å². The van der Waals surface area contributed by atoms with E-state index in [2.05, 4.69) is 96.5 Å². The molecule has 1 spiro atoms. The molecule has 3 heterocycles. The van der Waals surface area contributed by atoms with Crippen LogP contribution in [-0.4, -0.2) is 93.2 Å². The van der Waals surface area contributed by atoms with Gasteiger partial charge in [-0.05, 0) is 119 Å². The van der Waals surface area contributed by atoms with E-state index >= 15 is 0 Å². The molecule has 4 fully saturated rings. The predicted molar refractivity (Wildman–Crippen MR) is 204 cm³/mol. The Morgan fingerprint density at radius 1 is 0.960 bits per heavy atom. The molecule has 2 aromatic carbocycles. The SMILES string of the molecule is CCN(c1cc(-c2ccc(CN3CCCN(C)CC3)cc2)cc(C(=O)NCC2C(=O)NC(C)C3(CCCCCC3)C2C)c1C)C1CCOCC1. The summed E-state index contributed by atoms with van der Waals surface area (Å²) in [7, 11) is 2.21. The van der Waals surface area contributed by atoms with E-state index in [0.717, 1.165) is 101 Å². The second-order valence-electron chi connectivity index (χ2n) is 15.9. The molecule has 3 unspecified atom stereocenters. The van der Waals surface area contributed by atoms with Gasteiger partial charge in [0.25, 0.3) is 5.91 Å². The van der Waals surface area contributed by atoms with Crippen molar-refractivity contribution >= 4 is 17.5 Å². The molecule has 3 saturated heterocycles. The number of benzene rings is 2. The lowest BCUT2D eigenvalue weighted by Crippen LogP contribution is -2.61. The van der Waals surface area contributed by atoms with Gasteiger partial charge < -0.3 is 25.2 Å². The number of hydrogen-bond acceptors (Lipinski definition) is 6. The quantitative estimate of drug-likeness (QED) is 0.308. The maximum atomic E-state index is 14.3. The zero-order chi connectivity index (χ0) is 35.3. The van der Waals surface area contributed by atoms with Crippen LogP contribution < -0.4 is 15.5 Å². The van der Waals surface area contributed by atoms with Crippen molar-refractivity contribution < 1.29 is 14.3 Å². The predicted octanol–water partition coefficient (Wildman–Crippen LogP) is 6.65. The fraction of sp³-hybridized carbons (Fsp3) is 0.667. The van der Waals surface area contributed by atoms with Crippen molar-refractivity contribution in [1.82, 2.24) is 20.4 Å². The first kappa shape index (κ1) is 36.8. The topological polar surface area (TPSA) is 77.2 Å². The largest absolute Gasteiger partial charge is 0.381 e. The lowest BCUT2D eigenvalue weighted by atomic mass is 9.59. The van der Waals surface area contributed by atoms with Crippen LogP contribution in [0, 0.1) is 24.2 Å². The number of ether oxygens (including phenoxy) is 1. The summed E-state index contributed by atoms with van der Waals surface area (Å²) in [5, 5.41) is 6.63. The molecule has 8 nitrogen and oxygen atoms in total. The first-order chi connectivity index (χ1) is 24.2. The minimum atomic E-state index is -0.234. The lowest BCUT2D eigenvalue weighted by Gasteiger charge is -2.51. The zero-order valence-corrected chi connectivity index (χ0v) is 31.6. The smallest absolute Gasteiger partial charge is 0.251 e. The van der Waals surface area contributed by atoms with E-state index in [1.54, 1.807) is 0 Å². The Bertz CT molecular complexity index is 1450. The highest BCUT2D eigenvalue weighted by molar-refractivity contribution is 5.99. The number of carbonyl (C=O) groups is 2. The number of anilines is 1. The molecule has 4 aliphatic rings. The average molecular weight is 686 g/mol. The molecule has 0 bridgehead atoms. The van der Waals surface area contributed by atoms with E-state index < -0.39 is 0 Å². The Hall–Kier alpha value is -2.94. The van der Waals surface area contributed by atoms with Crippen LogP contribution in [0.5, 0.6) is 0 Å². The van der Waals surface area contributed by atoms with Crippen molar-refractivity contribution in [3.63, 3.8) is 0 Å². The first-order valence-corrected chi connectivity index (χ1v) is 19.8. The monoisotopic (exact) mass is 685 g/mol. The third kappa shape index (κ3) is 8.08. The number of nitrogens with zero attached hydrogens (tertiary/aromatic N) is 3. The van der Waals surface area contributed by atoms with Gasteiger partial charge in [0.1, 0.15) is 0 Å². The molecule has 2 N–H and O–H groups in total. The summed E-state index contributed by atoms with van der Waals surface area (Å²) in [5.41, 5.74) is 6.41. The van der Waals surface area contributed by atoms with Gasteiger partial charge in [0.2, 0.25) is 5.91 Å². The third-order valence-electron chi connectivity index (χ3n) is 13.0. The highest BCUT2D eigenvalue weighted by atomic mass is 16.5. The Morgan fingerprint density at radius 2 is 1.68 bits per heavy atom. The van der Waals surface area contributed by atoms with Gasteiger partial charge >= 0.3 is 0 Å². The van der Waals surface area contributed by atoms with Crippen molar-refractivity contribution in [1.29, 1.82) is 0 Å². The second kappa shape index (κ2) is 16.6. The van der Waals surface area contributed by atoms with Gasteiger partial charge in [-0.2, -0.15) is 0 Å². The fourth-order valence-corrected chi connectivity index (χ4v) is 9.67. The second-order valence-corrected chi connectivity index (χ2v) is 15.9. The summed E-state index contributed by atoms with van der Waals surface area (Å²) in [6.45, 7) is 17.0. The van der Waals surface area contributed by atoms with Gasteiger partial charge in [0, 0.05) is 69.3 Å². The van der Waals surface area contributed by atoms with E-state index in [9.17, 15) is 9.59 Å². The molecule has 0 radical (unpaired) electrons. The van der Waals surface area contributed by atoms with Crippen molar-refractivity contribution in [2.75, 3.05) is 64.4 Å². The number of carbonyl (C=O) groups excluding carboxylic acids is 2. The van der Waals surface area contributed by atoms with Crippen molar-refractivity contribution in [2.45, 2.75) is 104 Å². The van der Waals surface area contributed by atoms with Gasteiger partial charge in [-0.3, -0.25) is 14.5 Å². The molecular formula is C42H63N5O3. The van der Waals surface area contributed by atoms with Gasteiger partial charge in [0.15, 0.2) is 0 Å². The van der Waals surface area contributed by atoms with Gasteiger partial charge in [-0.25, -0.2) is 0 Å². The summed E-state index contributed by atoms with van der Waals surface area (Å²) in [5.74, 6) is -0.0339. The maximum Gasteiger partial charge on any atom is 0.251 e. The van der Waals surface area contributed by atoms with Crippen LogP contribution in [0.3, 0.4) is 0 Å².